The molecular weight excluding hydrogens is 114 g/mol. The van der Waals surface area contributed by atoms with Gasteiger partial charge in [-0.05, 0) is 6.08 Å². The van der Waals surface area contributed by atoms with Crippen molar-refractivity contribution in [3.63, 3.8) is 0 Å². The van der Waals surface area contributed by atoms with Crippen molar-refractivity contribution in [1.82, 2.24) is 4.90 Å². The molecule has 0 atom stereocenters. The maximum Gasteiger partial charge on any atom is 0.109 e. The van der Waals surface area contributed by atoms with Gasteiger partial charge in [0.1, 0.15) is 6.67 Å². The SMILES string of the molecule is NCCN1C=CC=NC1. The molecule has 0 fully saturated rings. The predicted octanol–water partition coefficient (Wildman–Crippen LogP) is -0.197. The van der Waals surface area contributed by atoms with Crippen LogP contribution in [0, 0.1) is 0 Å². The van der Waals surface area contributed by atoms with Crippen molar-refractivity contribution in [3.05, 3.63) is 12.3 Å². The van der Waals surface area contributed by atoms with E-state index in [-0.39, 0.29) is 0 Å². The number of aliphatic imine (C=N–C) groups is 1. The summed E-state index contributed by atoms with van der Waals surface area (Å²) >= 11 is 0. The second-order valence-electron chi connectivity index (χ2n) is 1.92. The first-order valence-corrected chi connectivity index (χ1v) is 3.04. The van der Waals surface area contributed by atoms with Crippen LogP contribution >= 0.6 is 0 Å². The zero-order chi connectivity index (χ0) is 6.53. The van der Waals surface area contributed by atoms with Crippen molar-refractivity contribution in [2.75, 3.05) is 19.8 Å². The average Bonchev–Trinajstić information content (AvgIpc) is 1.91. The monoisotopic (exact) mass is 125 g/mol. The van der Waals surface area contributed by atoms with Crippen molar-refractivity contribution in [3.8, 4) is 0 Å². The minimum absolute atomic E-state index is 0.694. The number of hydrogen-bond acceptors (Lipinski definition) is 3. The second-order valence-corrected chi connectivity index (χ2v) is 1.92. The highest BCUT2D eigenvalue weighted by molar-refractivity contribution is 5.71. The normalized spacial score (nSPS) is 16.8. The fourth-order valence-corrected chi connectivity index (χ4v) is 0.731. The summed E-state index contributed by atoms with van der Waals surface area (Å²) in [5.41, 5.74) is 5.33. The topological polar surface area (TPSA) is 41.6 Å². The molecule has 1 rings (SSSR count). The summed E-state index contributed by atoms with van der Waals surface area (Å²) in [7, 11) is 0. The summed E-state index contributed by atoms with van der Waals surface area (Å²) in [6.45, 7) is 2.35. The smallest absolute Gasteiger partial charge is 0.109 e. The minimum atomic E-state index is 0.694. The Morgan fingerprint density at radius 1 is 1.67 bits per heavy atom. The Bertz CT molecular complexity index is 128. The van der Waals surface area contributed by atoms with E-state index in [4.69, 9.17) is 5.73 Å². The van der Waals surface area contributed by atoms with Crippen LogP contribution in [-0.2, 0) is 0 Å². The molecule has 0 aromatic carbocycles. The highest BCUT2D eigenvalue weighted by Crippen LogP contribution is 1.92. The van der Waals surface area contributed by atoms with Gasteiger partial charge in [0, 0.05) is 25.5 Å². The molecule has 0 aromatic heterocycles. The molecule has 0 saturated heterocycles. The summed E-state index contributed by atoms with van der Waals surface area (Å²) in [5, 5.41) is 0. The zero-order valence-electron chi connectivity index (χ0n) is 5.33. The van der Waals surface area contributed by atoms with Gasteiger partial charge in [-0.3, -0.25) is 4.99 Å². The van der Waals surface area contributed by atoms with Gasteiger partial charge >= 0.3 is 0 Å². The van der Waals surface area contributed by atoms with Gasteiger partial charge in [0.2, 0.25) is 0 Å². The lowest BCUT2D eigenvalue weighted by Gasteiger charge is -2.17. The van der Waals surface area contributed by atoms with E-state index in [0.717, 1.165) is 13.2 Å². The molecule has 0 saturated carbocycles. The molecule has 0 amide bonds. The molecule has 0 spiro atoms. The van der Waals surface area contributed by atoms with Crippen molar-refractivity contribution >= 4 is 6.21 Å². The van der Waals surface area contributed by atoms with E-state index in [2.05, 4.69) is 9.89 Å². The maximum absolute atomic E-state index is 5.33. The molecule has 3 heteroatoms. The van der Waals surface area contributed by atoms with Crippen molar-refractivity contribution in [2.24, 2.45) is 10.7 Å². The van der Waals surface area contributed by atoms with Crippen molar-refractivity contribution < 1.29 is 0 Å². The Hall–Kier alpha value is -0.830. The van der Waals surface area contributed by atoms with Crippen LogP contribution in [0.4, 0.5) is 0 Å². The number of nitrogens with two attached hydrogens (primary N) is 1. The molecule has 2 N–H and O–H groups in total. The van der Waals surface area contributed by atoms with Gasteiger partial charge < -0.3 is 10.6 Å². The van der Waals surface area contributed by atoms with Crippen LogP contribution < -0.4 is 5.73 Å². The first-order valence-electron chi connectivity index (χ1n) is 3.04. The van der Waals surface area contributed by atoms with Crippen LogP contribution in [0.3, 0.4) is 0 Å². The largest absolute Gasteiger partial charge is 0.357 e. The Labute approximate surface area is 54.9 Å². The van der Waals surface area contributed by atoms with Crippen LogP contribution in [0.1, 0.15) is 0 Å². The molecular formula is C6H11N3. The third-order valence-corrected chi connectivity index (χ3v) is 1.17. The third kappa shape index (κ3) is 1.85. The summed E-state index contributed by atoms with van der Waals surface area (Å²) < 4.78 is 0. The van der Waals surface area contributed by atoms with Gasteiger partial charge in [-0.15, -0.1) is 0 Å². The molecule has 0 bridgehead atoms. The van der Waals surface area contributed by atoms with Gasteiger partial charge in [0.25, 0.3) is 0 Å². The van der Waals surface area contributed by atoms with E-state index >= 15 is 0 Å². The summed E-state index contributed by atoms with van der Waals surface area (Å²) in [6, 6.07) is 0. The standard InChI is InChI=1S/C6H11N3/c7-2-5-9-4-1-3-8-6-9/h1,3-4H,2,5-7H2. The van der Waals surface area contributed by atoms with Crippen molar-refractivity contribution in [1.29, 1.82) is 0 Å². The zero-order valence-corrected chi connectivity index (χ0v) is 5.33. The van der Waals surface area contributed by atoms with Crippen molar-refractivity contribution in [2.45, 2.75) is 0 Å². The first kappa shape index (κ1) is 6.29. The van der Waals surface area contributed by atoms with E-state index in [1.807, 2.05) is 12.3 Å². The highest BCUT2D eigenvalue weighted by Gasteiger charge is 1.95. The van der Waals surface area contributed by atoms with Crippen LogP contribution in [-0.4, -0.2) is 30.9 Å². The van der Waals surface area contributed by atoms with Crippen LogP contribution in [0.2, 0.25) is 0 Å². The molecule has 1 aliphatic heterocycles. The fourth-order valence-electron chi connectivity index (χ4n) is 0.731. The lowest BCUT2D eigenvalue weighted by molar-refractivity contribution is 0.396. The predicted molar refractivity (Wildman–Crippen MR) is 38.3 cm³/mol. The molecule has 1 aliphatic rings. The van der Waals surface area contributed by atoms with Gasteiger partial charge in [0.15, 0.2) is 0 Å². The molecule has 0 unspecified atom stereocenters. The molecule has 9 heavy (non-hydrogen) atoms. The Balaban J connectivity index is 2.28. The quantitative estimate of drug-likeness (QED) is 0.555. The number of allylic oxidation sites excluding steroid dienone is 1. The highest BCUT2D eigenvalue weighted by atomic mass is 15.2. The van der Waals surface area contributed by atoms with Crippen LogP contribution in [0.15, 0.2) is 17.3 Å². The van der Waals surface area contributed by atoms with E-state index in [9.17, 15) is 0 Å². The Morgan fingerprint density at radius 2 is 2.56 bits per heavy atom. The molecule has 0 aromatic rings. The Morgan fingerprint density at radius 3 is 3.11 bits per heavy atom. The molecule has 0 aliphatic carbocycles. The lowest BCUT2D eigenvalue weighted by atomic mass is 10.5. The molecule has 1 heterocycles. The van der Waals surface area contributed by atoms with E-state index < -0.39 is 0 Å². The van der Waals surface area contributed by atoms with Crippen LogP contribution in [0.25, 0.3) is 0 Å². The van der Waals surface area contributed by atoms with E-state index in [1.165, 1.54) is 0 Å². The van der Waals surface area contributed by atoms with Crippen LogP contribution in [0.5, 0.6) is 0 Å². The van der Waals surface area contributed by atoms with Gasteiger partial charge in [-0.2, -0.15) is 0 Å². The second kappa shape index (κ2) is 3.25. The molecule has 0 radical (unpaired) electrons. The third-order valence-electron chi connectivity index (χ3n) is 1.17. The molecule has 50 valence electrons. The Kier molecular flexibility index (Phi) is 2.27. The van der Waals surface area contributed by atoms with Gasteiger partial charge in [0.05, 0.1) is 0 Å². The average molecular weight is 125 g/mol. The number of hydrogen-bond donors (Lipinski definition) is 1. The number of rotatable bonds is 2. The fraction of sp³-hybridized carbons (Fsp3) is 0.500. The van der Waals surface area contributed by atoms with Gasteiger partial charge in [-0.25, -0.2) is 0 Å². The summed E-state index contributed by atoms with van der Waals surface area (Å²) in [4.78, 5) is 6.11. The maximum atomic E-state index is 5.33. The minimum Gasteiger partial charge on any atom is -0.357 e. The lowest BCUT2D eigenvalue weighted by Crippen LogP contribution is -2.26. The summed E-state index contributed by atoms with van der Waals surface area (Å²) in [6.07, 6.45) is 5.71. The van der Waals surface area contributed by atoms with Gasteiger partial charge in [-0.1, -0.05) is 0 Å². The first-order chi connectivity index (χ1) is 4.43. The number of nitrogens with zero attached hydrogens (tertiary/aromatic N) is 2. The summed E-state index contributed by atoms with van der Waals surface area (Å²) in [5.74, 6) is 0. The van der Waals surface area contributed by atoms with E-state index in [0.29, 0.717) is 6.54 Å². The van der Waals surface area contributed by atoms with E-state index in [1.54, 1.807) is 6.21 Å². The molecule has 3 nitrogen and oxygen atoms in total.